The highest BCUT2D eigenvalue weighted by atomic mass is 79.9. The lowest BCUT2D eigenvalue weighted by atomic mass is 10.1. The van der Waals surface area contributed by atoms with Crippen molar-refractivity contribution in [1.82, 2.24) is 10.2 Å². The minimum Gasteiger partial charge on any atom is -0.352 e. The standard InChI is InChI=1S/C23H28BrCl2N3O4S/c1-14(2)27-23(31)16(4)28(12-17-6-9-20(25)21(26)11-17)22(30)13-29(34(5,32)33)18-7-8-19(24)15(3)10-18/h6-11,14,16H,12-13H2,1-5H3,(H,27,31)/t16-/m0/s1. The van der Waals surface area contributed by atoms with Crippen LogP contribution in [0.15, 0.2) is 40.9 Å². The first kappa shape index (κ1) is 28.4. The number of rotatable bonds is 9. The normalized spacial score (nSPS) is 12.4. The molecule has 0 saturated heterocycles. The van der Waals surface area contributed by atoms with Crippen molar-refractivity contribution < 1.29 is 18.0 Å². The van der Waals surface area contributed by atoms with Crippen LogP contribution in [0.4, 0.5) is 5.69 Å². The lowest BCUT2D eigenvalue weighted by Gasteiger charge is -2.32. The summed E-state index contributed by atoms with van der Waals surface area (Å²) >= 11 is 15.5. The smallest absolute Gasteiger partial charge is 0.244 e. The minimum atomic E-state index is -3.79. The van der Waals surface area contributed by atoms with Crippen LogP contribution in [-0.2, 0) is 26.2 Å². The maximum atomic E-state index is 13.5. The predicted octanol–water partition coefficient (Wildman–Crippen LogP) is 4.77. The molecule has 2 rings (SSSR count). The summed E-state index contributed by atoms with van der Waals surface area (Å²) in [5, 5.41) is 3.47. The Bertz CT molecular complexity index is 1170. The van der Waals surface area contributed by atoms with Gasteiger partial charge in [0, 0.05) is 17.1 Å². The number of amides is 2. The largest absolute Gasteiger partial charge is 0.352 e. The number of nitrogens with one attached hydrogen (secondary N) is 1. The molecule has 0 saturated carbocycles. The van der Waals surface area contributed by atoms with E-state index in [4.69, 9.17) is 23.2 Å². The van der Waals surface area contributed by atoms with E-state index in [1.807, 2.05) is 20.8 Å². The Morgan fingerprint density at radius 2 is 1.71 bits per heavy atom. The van der Waals surface area contributed by atoms with Gasteiger partial charge in [-0.2, -0.15) is 0 Å². The Morgan fingerprint density at radius 3 is 2.24 bits per heavy atom. The molecule has 0 unspecified atom stereocenters. The highest BCUT2D eigenvalue weighted by Gasteiger charge is 2.30. The summed E-state index contributed by atoms with van der Waals surface area (Å²) in [6.45, 7) is 6.63. The van der Waals surface area contributed by atoms with Crippen LogP contribution in [0.3, 0.4) is 0 Å². The summed E-state index contributed by atoms with van der Waals surface area (Å²) in [5.41, 5.74) is 1.82. The van der Waals surface area contributed by atoms with Crippen molar-refractivity contribution in [2.24, 2.45) is 0 Å². The van der Waals surface area contributed by atoms with Gasteiger partial charge in [-0.15, -0.1) is 0 Å². The summed E-state index contributed by atoms with van der Waals surface area (Å²) in [5.74, 6) is -0.891. The van der Waals surface area contributed by atoms with Crippen LogP contribution < -0.4 is 9.62 Å². The average molecular weight is 593 g/mol. The van der Waals surface area contributed by atoms with Gasteiger partial charge in [0.15, 0.2) is 0 Å². The molecule has 11 heteroatoms. The molecule has 1 atom stereocenters. The van der Waals surface area contributed by atoms with Crippen molar-refractivity contribution in [3.63, 3.8) is 0 Å². The fourth-order valence-corrected chi connectivity index (χ4v) is 4.63. The van der Waals surface area contributed by atoms with Crippen LogP contribution in [0.5, 0.6) is 0 Å². The molecule has 0 fully saturated rings. The fraction of sp³-hybridized carbons (Fsp3) is 0.391. The third-order valence-corrected chi connectivity index (χ3v) is 7.81. The monoisotopic (exact) mass is 591 g/mol. The molecule has 2 amide bonds. The van der Waals surface area contributed by atoms with Crippen LogP contribution in [0, 0.1) is 6.92 Å². The molecule has 0 aliphatic rings. The number of anilines is 1. The molecule has 0 aliphatic carbocycles. The molecular formula is C23H28BrCl2N3O4S. The lowest BCUT2D eigenvalue weighted by molar-refractivity contribution is -0.139. The van der Waals surface area contributed by atoms with Crippen LogP contribution in [0.1, 0.15) is 31.9 Å². The second kappa shape index (κ2) is 11.7. The van der Waals surface area contributed by atoms with E-state index in [0.717, 1.165) is 20.6 Å². The maximum absolute atomic E-state index is 13.5. The van der Waals surface area contributed by atoms with Gasteiger partial charge in [-0.3, -0.25) is 13.9 Å². The lowest BCUT2D eigenvalue weighted by Crippen LogP contribution is -2.52. The van der Waals surface area contributed by atoms with E-state index in [-0.39, 0.29) is 18.5 Å². The molecule has 186 valence electrons. The Balaban J connectivity index is 2.43. The van der Waals surface area contributed by atoms with Gasteiger partial charge in [-0.1, -0.05) is 45.2 Å². The van der Waals surface area contributed by atoms with Gasteiger partial charge < -0.3 is 10.2 Å². The fourth-order valence-electron chi connectivity index (χ4n) is 3.22. The summed E-state index contributed by atoms with van der Waals surface area (Å²) in [6, 6.07) is 8.94. The van der Waals surface area contributed by atoms with Gasteiger partial charge in [0.25, 0.3) is 0 Å². The van der Waals surface area contributed by atoms with Crippen LogP contribution in [0.2, 0.25) is 10.0 Å². The number of halogens is 3. The SMILES string of the molecule is Cc1cc(N(CC(=O)N(Cc2ccc(Cl)c(Cl)c2)[C@@H](C)C(=O)NC(C)C)S(C)(=O)=O)ccc1Br. The molecule has 0 spiro atoms. The number of hydrogen-bond donors (Lipinski definition) is 1. The Kier molecular flexibility index (Phi) is 9.82. The number of carbonyl (C=O) groups excluding carboxylic acids is 2. The minimum absolute atomic E-state index is 0.0410. The molecule has 1 N–H and O–H groups in total. The highest BCUT2D eigenvalue weighted by Crippen LogP contribution is 2.26. The molecule has 34 heavy (non-hydrogen) atoms. The molecule has 7 nitrogen and oxygen atoms in total. The number of carbonyl (C=O) groups is 2. The van der Waals surface area contributed by atoms with E-state index in [0.29, 0.717) is 21.3 Å². The zero-order chi connectivity index (χ0) is 25.8. The number of benzene rings is 2. The Morgan fingerprint density at radius 1 is 1.06 bits per heavy atom. The van der Waals surface area contributed by atoms with Crippen molar-refractivity contribution in [3.8, 4) is 0 Å². The quantitative estimate of drug-likeness (QED) is 0.454. The zero-order valence-corrected chi connectivity index (χ0v) is 23.5. The van der Waals surface area contributed by atoms with Crippen molar-refractivity contribution >= 4 is 66.7 Å². The van der Waals surface area contributed by atoms with Gasteiger partial charge in [0.2, 0.25) is 21.8 Å². The molecule has 0 aromatic heterocycles. The summed E-state index contributed by atoms with van der Waals surface area (Å²) in [6.07, 6.45) is 1.04. The Labute approximate surface area is 219 Å². The second-order valence-corrected chi connectivity index (χ2v) is 11.9. The second-order valence-electron chi connectivity index (χ2n) is 8.31. The molecular weight excluding hydrogens is 565 g/mol. The molecule has 0 bridgehead atoms. The van der Waals surface area contributed by atoms with E-state index in [1.165, 1.54) is 4.90 Å². The number of hydrogen-bond acceptors (Lipinski definition) is 4. The van der Waals surface area contributed by atoms with E-state index in [9.17, 15) is 18.0 Å². The third kappa shape index (κ3) is 7.60. The first-order chi connectivity index (χ1) is 15.7. The van der Waals surface area contributed by atoms with E-state index < -0.39 is 28.5 Å². The van der Waals surface area contributed by atoms with Crippen molar-refractivity contribution in [1.29, 1.82) is 0 Å². The summed E-state index contributed by atoms with van der Waals surface area (Å²) in [7, 11) is -3.79. The van der Waals surface area contributed by atoms with Crippen LogP contribution >= 0.6 is 39.1 Å². The molecule has 2 aromatic rings. The van der Waals surface area contributed by atoms with Gasteiger partial charge in [-0.25, -0.2) is 8.42 Å². The van der Waals surface area contributed by atoms with E-state index in [2.05, 4.69) is 21.2 Å². The Hall–Kier alpha value is -1.81. The van der Waals surface area contributed by atoms with E-state index >= 15 is 0 Å². The average Bonchev–Trinajstić information content (AvgIpc) is 2.72. The third-order valence-electron chi connectivity index (χ3n) is 5.04. The van der Waals surface area contributed by atoms with Crippen LogP contribution in [-0.4, -0.2) is 50.0 Å². The van der Waals surface area contributed by atoms with Crippen LogP contribution in [0.25, 0.3) is 0 Å². The van der Waals surface area contributed by atoms with Crippen molar-refractivity contribution in [3.05, 3.63) is 62.0 Å². The highest BCUT2D eigenvalue weighted by molar-refractivity contribution is 9.10. The molecule has 0 radical (unpaired) electrons. The first-order valence-electron chi connectivity index (χ1n) is 10.5. The molecule has 2 aromatic carbocycles. The van der Waals surface area contributed by atoms with Gasteiger partial charge in [0.1, 0.15) is 12.6 Å². The predicted molar refractivity (Wildman–Crippen MR) is 141 cm³/mol. The van der Waals surface area contributed by atoms with Crippen molar-refractivity contribution in [2.75, 3.05) is 17.1 Å². The summed E-state index contributed by atoms with van der Waals surface area (Å²) < 4.78 is 27.1. The molecule has 0 aliphatic heterocycles. The first-order valence-corrected chi connectivity index (χ1v) is 13.9. The number of nitrogens with zero attached hydrogens (tertiary/aromatic N) is 2. The zero-order valence-electron chi connectivity index (χ0n) is 19.6. The van der Waals surface area contributed by atoms with Crippen molar-refractivity contribution in [2.45, 2.75) is 46.3 Å². The number of sulfonamides is 1. The molecule has 0 heterocycles. The van der Waals surface area contributed by atoms with Gasteiger partial charge >= 0.3 is 0 Å². The van der Waals surface area contributed by atoms with E-state index in [1.54, 1.807) is 43.3 Å². The number of aryl methyl sites for hydroxylation is 1. The maximum Gasteiger partial charge on any atom is 0.244 e. The summed E-state index contributed by atoms with van der Waals surface area (Å²) in [4.78, 5) is 27.6. The van der Waals surface area contributed by atoms with Gasteiger partial charge in [0.05, 0.1) is 22.0 Å². The van der Waals surface area contributed by atoms with Gasteiger partial charge in [-0.05, 0) is 69.2 Å². The topological polar surface area (TPSA) is 86.8 Å².